The average Bonchev–Trinajstić information content (AvgIpc) is 3.21. The second-order valence-corrected chi connectivity index (χ2v) is 19.6. The molecule has 0 fully saturated rings. The molecule has 0 N–H and O–H groups in total. The third-order valence-corrected chi connectivity index (χ3v) is 12.1. The largest absolute Gasteiger partial charge is 0.208 e. The summed E-state index contributed by atoms with van der Waals surface area (Å²) in [5, 5.41) is 9.34. The Morgan fingerprint density at radius 3 is 1.21 bits per heavy atom. The number of nitrogens with zero attached hydrogens (tertiary/aromatic N) is 3. The van der Waals surface area contributed by atoms with Gasteiger partial charge < -0.3 is 0 Å². The van der Waals surface area contributed by atoms with E-state index in [1.807, 2.05) is 60.7 Å². The van der Waals surface area contributed by atoms with Gasteiger partial charge in [-0.15, -0.1) is 0 Å². The standard InChI is InChI=1S/C48H37N3Si/c1-52(2,3)39-25-27-43-41-23-11-10-22-40(41)42-26-24-37(30-44(42)45(43)31-39)35-19-12-18-34(28-35)36-20-13-21-38(29-36)48-50-46(32-14-6-4-7-15-32)49-47(51-48)33-16-8-5-9-17-33/h4-31H,1-3H3. The van der Waals surface area contributed by atoms with Gasteiger partial charge in [0.15, 0.2) is 17.5 Å². The van der Waals surface area contributed by atoms with Gasteiger partial charge in [0, 0.05) is 16.7 Å². The average molecular weight is 684 g/mol. The Kier molecular flexibility index (Phi) is 7.83. The van der Waals surface area contributed by atoms with Gasteiger partial charge in [-0.1, -0.05) is 176 Å². The molecule has 1 aromatic heterocycles. The van der Waals surface area contributed by atoms with Gasteiger partial charge in [0.05, 0.1) is 8.07 Å². The molecule has 0 aliphatic carbocycles. The molecule has 0 bridgehead atoms. The fourth-order valence-corrected chi connectivity index (χ4v) is 8.42. The smallest absolute Gasteiger partial charge is 0.164 e. The first kappa shape index (κ1) is 31.7. The molecule has 0 saturated carbocycles. The van der Waals surface area contributed by atoms with E-state index in [9.17, 15) is 0 Å². The monoisotopic (exact) mass is 683 g/mol. The minimum absolute atomic E-state index is 0.650. The molecule has 0 amide bonds. The summed E-state index contributed by atoms with van der Waals surface area (Å²) in [5.41, 5.74) is 7.51. The van der Waals surface area contributed by atoms with Crippen LogP contribution in [0.4, 0.5) is 0 Å². The van der Waals surface area contributed by atoms with Gasteiger partial charge in [0.25, 0.3) is 0 Å². The lowest BCUT2D eigenvalue weighted by molar-refractivity contribution is 1.07. The van der Waals surface area contributed by atoms with E-state index in [1.54, 1.807) is 0 Å². The van der Waals surface area contributed by atoms with Crippen molar-refractivity contribution in [1.82, 2.24) is 15.0 Å². The van der Waals surface area contributed by atoms with E-state index in [1.165, 1.54) is 48.6 Å². The minimum atomic E-state index is -1.51. The van der Waals surface area contributed by atoms with Crippen molar-refractivity contribution < 1.29 is 0 Å². The van der Waals surface area contributed by atoms with Crippen molar-refractivity contribution in [3.05, 3.63) is 170 Å². The first-order valence-electron chi connectivity index (χ1n) is 17.9. The SMILES string of the molecule is C[Si](C)(C)c1ccc2c3ccccc3c3ccc(-c4cccc(-c5cccc(-c6nc(-c7ccccc7)nc(-c7ccccc7)n6)c5)c4)cc3c2c1. The topological polar surface area (TPSA) is 38.7 Å². The zero-order valence-electron chi connectivity index (χ0n) is 29.5. The molecular weight excluding hydrogens is 647 g/mol. The molecule has 0 aliphatic heterocycles. The third-order valence-electron chi connectivity index (χ3n) is 10.1. The van der Waals surface area contributed by atoms with Gasteiger partial charge in [0.2, 0.25) is 0 Å². The Morgan fingerprint density at radius 1 is 0.288 bits per heavy atom. The van der Waals surface area contributed by atoms with Crippen LogP contribution in [0.2, 0.25) is 19.6 Å². The highest BCUT2D eigenvalue weighted by Gasteiger charge is 2.19. The van der Waals surface area contributed by atoms with Crippen LogP contribution in [0.25, 0.3) is 88.7 Å². The van der Waals surface area contributed by atoms with Gasteiger partial charge in [-0.25, -0.2) is 15.0 Å². The highest BCUT2D eigenvalue weighted by Crippen LogP contribution is 2.38. The summed E-state index contributed by atoms with van der Waals surface area (Å²) in [5.74, 6) is 1.97. The second-order valence-electron chi connectivity index (χ2n) is 14.5. The number of hydrogen-bond donors (Lipinski definition) is 0. The lowest BCUT2D eigenvalue weighted by Crippen LogP contribution is -2.37. The zero-order chi connectivity index (χ0) is 35.2. The Hall–Kier alpha value is -6.23. The summed E-state index contributed by atoms with van der Waals surface area (Å²) >= 11 is 0. The summed E-state index contributed by atoms with van der Waals surface area (Å²) in [6.07, 6.45) is 0. The number of aromatic nitrogens is 3. The summed E-state index contributed by atoms with van der Waals surface area (Å²) in [7, 11) is -1.51. The maximum absolute atomic E-state index is 4.98. The van der Waals surface area contributed by atoms with Crippen molar-refractivity contribution in [3.8, 4) is 56.4 Å². The fraction of sp³-hybridized carbons (Fsp3) is 0.0625. The molecule has 9 rings (SSSR count). The lowest BCUT2D eigenvalue weighted by Gasteiger charge is -2.19. The molecular formula is C48H37N3Si. The maximum atomic E-state index is 4.98. The molecule has 248 valence electrons. The van der Waals surface area contributed by atoms with Crippen molar-refractivity contribution in [3.63, 3.8) is 0 Å². The molecule has 9 aromatic rings. The summed E-state index contributed by atoms with van der Waals surface area (Å²) in [6, 6.07) is 60.6. The van der Waals surface area contributed by atoms with Crippen molar-refractivity contribution in [2.45, 2.75) is 19.6 Å². The highest BCUT2D eigenvalue weighted by atomic mass is 28.3. The first-order chi connectivity index (χ1) is 25.4. The number of rotatable bonds is 6. The quantitative estimate of drug-likeness (QED) is 0.129. The van der Waals surface area contributed by atoms with Crippen LogP contribution in [0, 0.1) is 0 Å². The third kappa shape index (κ3) is 5.87. The molecule has 1 heterocycles. The van der Waals surface area contributed by atoms with E-state index in [0.29, 0.717) is 17.5 Å². The molecule has 3 nitrogen and oxygen atoms in total. The van der Waals surface area contributed by atoms with E-state index in [2.05, 4.69) is 129 Å². The molecule has 8 aromatic carbocycles. The van der Waals surface area contributed by atoms with Crippen molar-refractivity contribution >= 4 is 45.6 Å². The number of benzene rings is 8. The van der Waals surface area contributed by atoms with E-state index in [0.717, 1.165) is 27.8 Å². The summed E-state index contributed by atoms with van der Waals surface area (Å²) < 4.78 is 0. The molecule has 0 aliphatic rings. The van der Waals surface area contributed by atoms with E-state index >= 15 is 0 Å². The Labute approximate surface area is 305 Å². The molecule has 0 spiro atoms. The minimum Gasteiger partial charge on any atom is -0.208 e. The molecule has 4 heteroatoms. The second kappa shape index (κ2) is 12.8. The van der Waals surface area contributed by atoms with Crippen molar-refractivity contribution in [2.24, 2.45) is 0 Å². The van der Waals surface area contributed by atoms with Gasteiger partial charge in [-0.2, -0.15) is 0 Å². The first-order valence-corrected chi connectivity index (χ1v) is 21.4. The van der Waals surface area contributed by atoms with Crippen LogP contribution >= 0.6 is 0 Å². The van der Waals surface area contributed by atoms with Crippen molar-refractivity contribution in [1.29, 1.82) is 0 Å². The van der Waals surface area contributed by atoms with E-state index < -0.39 is 8.07 Å². The Bertz CT molecular complexity index is 2710. The van der Waals surface area contributed by atoms with Gasteiger partial charge in [-0.3, -0.25) is 0 Å². The van der Waals surface area contributed by atoms with Crippen LogP contribution in [0.15, 0.2) is 170 Å². The van der Waals surface area contributed by atoms with Crippen LogP contribution in [-0.2, 0) is 0 Å². The van der Waals surface area contributed by atoms with E-state index in [-0.39, 0.29) is 0 Å². The van der Waals surface area contributed by atoms with Crippen molar-refractivity contribution in [2.75, 3.05) is 0 Å². The highest BCUT2D eigenvalue weighted by molar-refractivity contribution is 6.88. The molecule has 52 heavy (non-hydrogen) atoms. The fourth-order valence-electron chi connectivity index (χ4n) is 7.26. The summed E-state index contributed by atoms with van der Waals surface area (Å²) in [4.78, 5) is 14.8. The lowest BCUT2D eigenvalue weighted by atomic mass is 9.91. The number of hydrogen-bond acceptors (Lipinski definition) is 3. The molecule has 0 unspecified atom stereocenters. The predicted molar refractivity (Wildman–Crippen MR) is 223 cm³/mol. The molecule has 0 radical (unpaired) electrons. The van der Waals surface area contributed by atoms with Gasteiger partial charge in [0.1, 0.15) is 0 Å². The van der Waals surface area contributed by atoms with Gasteiger partial charge >= 0.3 is 0 Å². The van der Waals surface area contributed by atoms with Crippen LogP contribution in [0.1, 0.15) is 0 Å². The van der Waals surface area contributed by atoms with Crippen LogP contribution in [0.3, 0.4) is 0 Å². The van der Waals surface area contributed by atoms with Crippen LogP contribution in [-0.4, -0.2) is 23.0 Å². The predicted octanol–water partition coefficient (Wildman–Crippen LogP) is 12.2. The molecule has 0 atom stereocenters. The maximum Gasteiger partial charge on any atom is 0.164 e. The summed E-state index contributed by atoms with van der Waals surface area (Å²) in [6.45, 7) is 7.28. The zero-order valence-corrected chi connectivity index (χ0v) is 30.5. The number of fused-ring (bicyclic) bond motifs is 6. The van der Waals surface area contributed by atoms with Gasteiger partial charge in [-0.05, 0) is 72.8 Å². The Balaban J connectivity index is 1.15. The normalized spacial score (nSPS) is 11.8. The molecule has 0 saturated heterocycles. The van der Waals surface area contributed by atoms with E-state index in [4.69, 9.17) is 15.0 Å². The van der Waals surface area contributed by atoms with Crippen LogP contribution in [0.5, 0.6) is 0 Å². The Morgan fingerprint density at radius 2 is 0.673 bits per heavy atom. The van der Waals surface area contributed by atoms with Crippen LogP contribution < -0.4 is 5.19 Å².